The number of methoxy groups -OCH3 is 1. The molecule has 0 unspecified atom stereocenters. The normalized spacial score (nSPS) is 14.3. The number of benzene rings is 3. The van der Waals surface area contributed by atoms with Gasteiger partial charge in [0.2, 0.25) is 0 Å². The van der Waals surface area contributed by atoms with Gasteiger partial charge in [-0.25, -0.2) is 0 Å². The zero-order chi connectivity index (χ0) is 23.3. The Bertz CT molecular complexity index is 1280. The third kappa shape index (κ3) is 5.05. The van der Waals surface area contributed by atoms with Crippen molar-refractivity contribution < 1.29 is 9.53 Å². The van der Waals surface area contributed by atoms with Crippen LogP contribution in [0.3, 0.4) is 0 Å². The summed E-state index contributed by atoms with van der Waals surface area (Å²) in [5, 5.41) is 4.26. The van der Waals surface area contributed by atoms with E-state index in [0.29, 0.717) is 11.3 Å². The molecule has 2 heterocycles. The van der Waals surface area contributed by atoms with Gasteiger partial charge in [-0.3, -0.25) is 9.69 Å². The standard InChI is InChI=1S/C27H28N4O2S/c1-33-23-9-5-7-21(19-23)27(32)28-22-8-4-6-20(18-22)12-13-30-14-16-31(17-15-30)26-24-10-2-3-11-25(24)34-29-26/h2-11,18-19H,12-17H2,1H3,(H,28,32). The number of anilines is 2. The maximum atomic E-state index is 12.6. The van der Waals surface area contributed by atoms with E-state index in [0.717, 1.165) is 50.6 Å². The largest absolute Gasteiger partial charge is 0.497 e. The number of nitrogens with one attached hydrogen (secondary N) is 1. The molecule has 1 aliphatic rings. The molecule has 0 aliphatic carbocycles. The van der Waals surface area contributed by atoms with Gasteiger partial charge in [0.05, 0.1) is 11.8 Å². The van der Waals surface area contributed by atoms with Crippen molar-refractivity contribution in [1.29, 1.82) is 0 Å². The van der Waals surface area contributed by atoms with Crippen molar-refractivity contribution in [2.75, 3.05) is 50.1 Å². The predicted molar refractivity (Wildman–Crippen MR) is 139 cm³/mol. The fourth-order valence-corrected chi connectivity index (χ4v) is 5.14. The van der Waals surface area contributed by atoms with Gasteiger partial charge in [-0.05, 0) is 66.0 Å². The fourth-order valence-electron chi connectivity index (χ4n) is 4.34. The first-order valence-electron chi connectivity index (χ1n) is 11.6. The Hall–Kier alpha value is -3.42. The number of nitrogens with zero attached hydrogens (tertiary/aromatic N) is 3. The van der Waals surface area contributed by atoms with Gasteiger partial charge in [0, 0.05) is 49.4 Å². The Morgan fingerprint density at radius 3 is 2.68 bits per heavy atom. The molecule has 1 amide bonds. The summed E-state index contributed by atoms with van der Waals surface area (Å²) in [5.74, 6) is 1.66. The van der Waals surface area contributed by atoms with Crippen LogP contribution in [0.5, 0.6) is 5.75 Å². The summed E-state index contributed by atoms with van der Waals surface area (Å²) in [7, 11) is 1.60. The molecule has 0 radical (unpaired) electrons. The summed E-state index contributed by atoms with van der Waals surface area (Å²) < 4.78 is 11.2. The van der Waals surface area contributed by atoms with Crippen molar-refractivity contribution in [2.45, 2.75) is 6.42 Å². The number of carbonyl (C=O) groups is 1. The lowest BCUT2D eigenvalue weighted by molar-refractivity contribution is 0.102. The lowest BCUT2D eigenvalue weighted by Crippen LogP contribution is -2.47. The van der Waals surface area contributed by atoms with Gasteiger partial charge in [-0.15, -0.1) is 0 Å². The van der Waals surface area contributed by atoms with Gasteiger partial charge in [0.15, 0.2) is 0 Å². The molecule has 5 rings (SSSR count). The van der Waals surface area contributed by atoms with Crippen LogP contribution < -0.4 is 15.0 Å². The SMILES string of the molecule is COc1cccc(C(=O)Nc2cccc(CCN3CCN(c4nsc5ccccc45)CC3)c2)c1. The van der Waals surface area contributed by atoms with Gasteiger partial charge in [-0.1, -0.05) is 30.3 Å². The number of fused-ring (bicyclic) bond motifs is 1. The van der Waals surface area contributed by atoms with Gasteiger partial charge in [-0.2, -0.15) is 4.37 Å². The minimum Gasteiger partial charge on any atom is -0.497 e. The van der Waals surface area contributed by atoms with Crippen LogP contribution in [-0.4, -0.2) is 55.0 Å². The Labute approximate surface area is 203 Å². The third-order valence-electron chi connectivity index (χ3n) is 6.26. The summed E-state index contributed by atoms with van der Waals surface area (Å²) in [6.07, 6.45) is 0.947. The fraction of sp³-hybridized carbons (Fsp3) is 0.259. The molecular formula is C27H28N4O2S. The monoisotopic (exact) mass is 472 g/mol. The Balaban J connectivity index is 1.14. The van der Waals surface area contributed by atoms with E-state index in [1.54, 1.807) is 30.8 Å². The topological polar surface area (TPSA) is 57.7 Å². The average Bonchev–Trinajstić information content (AvgIpc) is 3.32. The second-order valence-electron chi connectivity index (χ2n) is 8.47. The van der Waals surface area contributed by atoms with Crippen LogP contribution in [0.25, 0.3) is 10.1 Å². The Morgan fingerprint density at radius 2 is 1.82 bits per heavy atom. The van der Waals surface area contributed by atoms with Crippen molar-refractivity contribution >= 4 is 39.0 Å². The molecule has 0 atom stereocenters. The number of rotatable bonds is 7. The van der Waals surface area contributed by atoms with Gasteiger partial charge >= 0.3 is 0 Å². The Kier molecular flexibility index (Phi) is 6.74. The van der Waals surface area contributed by atoms with E-state index in [1.165, 1.54) is 15.6 Å². The molecule has 174 valence electrons. The molecule has 1 aromatic heterocycles. The van der Waals surface area contributed by atoms with Crippen LogP contribution >= 0.6 is 11.5 Å². The van der Waals surface area contributed by atoms with E-state index in [4.69, 9.17) is 9.11 Å². The smallest absolute Gasteiger partial charge is 0.255 e. The predicted octanol–water partition coefficient (Wildman–Crippen LogP) is 4.92. The molecule has 1 saturated heterocycles. The minimum absolute atomic E-state index is 0.137. The first-order chi connectivity index (χ1) is 16.7. The molecule has 1 aliphatic heterocycles. The Morgan fingerprint density at radius 1 is 1.00 bits per heavy atom. The second-order valence-corrected chi connectivity index (χ2v) is 9.27. The highest BCUT2D eigenvalue weighted by Crippen LogP contribution is 2.29. The number of ether oxygens (including phenoxy) is 1. The zero-order valence-electron chi connectivity index (χ0n) is 19.2. The third-order valence-corrected chi connectivity index (χ3v) is 7.08. The molecule has 0 saturated carbocycles. The van der Waals surface area contributed by atoms with Crippen LogP contribution in [0, 0.1) is 0 Å². The van der Waals surface area contributed by atoms with Gasteiger partial charge < -0.3 is 15.0 Å². The van der Waals surface area contributed by atoms with E-state index in [2.05, 4.69) is 51.5 Å². The van der Waals surface area contributed by atoms with E-state index in [1.807, 2.05) is 24.3 Å². The number of hydrogen-bond acceptors (Lipinski definition) is 6. The second kappa shape index (κ2) is 10.2. The van der Waals surface area contributed by atoms with E-state index >= 15 is 0 Å². The van der Waals surface area contributed by atoms with Crippen molar-refractivity contribution in [3.05, 3.63) is 83.9 Å². The van der Waals surface area contributed by atoms with E-state index in [9.17, 15) is 4.79 Å². The molecule has 1 N–H and O–H groups in total. The first-order valence-corrected chi connectivity index (χ1v) is 12.3. The minimum atomic E-state index is -0.137. The van der Waals surface area contributed by atoms with Crippen LogP contribution in [0.1, 0.15) is 15.9 Å². The molecule has 0 spiro atoms. The molecular weight excluding hydrogens is 444 g/mol. The summed E-state index contributed by atoms with van der Waals surface area (Å²) in [6, 6.07) is 23.8. The van der Waals surface area contributed by atoms with Crippen molar-refractivity contribution in [1.82, 2.24) is 9.27 Å². The highest BCUT2D eigenvalue weighted by Gasteiger charge is 2.20. The number of carbonyl (C=O) groups excluding carboxylic acids is 1. The maximum absolute atomic E-state index is 12.6. The lowest BCUT2D eigenvalue weighted by atomic mass is 10.1. The van der Waals surface area contributed by atoms with E-state index < -0.39 is 0 Å². The lowest BCUT2D eigenvalue weighted by Gasteiger charge is -2.35. The number of amides is 1. The van der Waals surface area contributed by atoms with Crippen LogP contribution in [0.4, 0.5) is 11.5 Å². The molecule has 0 bridgehead atoms. The summed E-state index contributed by atoms with van der Waals surface area (Å²) in [6.45, 7) is 5.03. The maximum Gasteiger partial charge on any atom is 0.255 e. The summed E-state index contributed by atoms with van der Waals surface area (Å²) in [4.78, 5) is 17.5. The summed E-state index contributed by atoms with van der Waals surface area (Å²) in [5.41, 5.74) is 2.61. The van der Waals surface area contributed by atoms with Crippen molar-refractivity contribution in [3.8, 4) is 5.75 Å². The van der Waals surface area contributed by atoms with Crippen molar-refractivity contribution in [3.63, 3.8) is 0 Å². The highest BCUT2D eigenvalue weighted by molar-refractivity contribution is 7.13. The van der Waals surface area contributed by atoms with Crippen LogP contribution in [-0.2, 0) is 6.42 Å². The zero-order valence-corrected chi connectivity index (χ0v) is 20.1. The van der Waals surface area contributed by atoms with Crippen LogP contribution in [0.2, 0.25) is 0 Å². The molecule has 1 fully saturated rings. The molecule has 3 aromatic carbocycles. The van der Waals surface area contributed by atoms with Gasteiger partial charge in [0.1, 0.15) is 11.6 Å². The molecule has 34 heavy (non-hydrogen) atoms. The number of aromatic nitrogens is 1. The quantitative estimate of drug-likeness (QED) is 0.414. The highest BCUT2D eigenvalue weighted by atomic mass is 32.1. The van der Waals surface area contributed by atoms with Crippen molar-refractivity contribution in [2.24, 2.45) is 0 Å². The van der Waals surface area contributed by atoms with E-state index in [-0.39, 0.29) is 5.91 Å². The number of hydrogen-bond donors (Lipinski definition) is 1. The molecule has 6 nitrogen and oxygen atoms in total. The molecule has 4 aromatic rings. The number of piperazine rings is 1. The molecule has 7 heteroatoms. The average molecular weight is 473 g/mol. The van der Waals surface area contributed by atoms with Gasteiger partial charge in [0.25, 0.3) is 5.91 Å². The summed E-state index contributed by atoms with van der Waals surface area (Å²) >= 11 is 1.58. The first kappa shape index (κ1) is 22.4. The van der Waals surface area contributed by atoms with Crippen LogP contribution in [0.15, 0.2) is 72.8 Å².